The van der Waals surface area contributed by atoms with Crippen LogP contribution in [0.5, 0.6) is 0 Å². The van der Waals surface area contributed by atoms with Crippen LogP contribution in [0.4, 0.5) is 5.13 Å². The van der Waals surface area contributed by atoms with E-state index in [0.29, 0.717) is 12.2 Å². The van der Waals surface area contributed by atoms with Crippen LogP contribution in [0, 0.1) is 6.92 Å². The number of nitrogens with zero attached hydrogens (tertiary/aromatic N) is 5. The SMILES string of the molecule is CCn1nc(C(=O)N(CCCN(C)C)c2nc3ccccc3s2)cc1C.Cl. The summed E-state index contributed by atoms with van der Waals surface area (Å²) in [6.45, 7) is 6.28. The Morgan fingerprint density at radius 1 is 1.22 bits per heavy atom. The molecule has 3 aromatic rings. The number of hydrogen-bond donors (Lipinski definition) is 0. The fraction of sp³-hybridized carbons (Fsp3) is 0.421. The highest BCUT2D eigenvalue weighted by Crippen LogP contribution is 2.29. The summed E-state index contributed by atoms with van der Waals surface area (Å²) in [5.41, 5.74) is 2.40. The van der Waals surface area contributed by atoms with Gasteiger partial charge in [0.05, 0.1) is 10.2 Å². The lowest BCUT2D eigenvalue weighted by Gasteiger charge is -2.20. The molecule has 0 saturated carbocycles. The van der Waals surface area contributed by atoms with Gasteiger partial charge in [-0.1, -0.05) is 23.5 Å². The molecule has 0 fully saturated rings. The number of hydrogen-bond acceptors (Lipinski definition) is 5. The molecule has 0 saturated heterocycles. The summed E-state index contributed by atoms with van der Waals surface area (Å²) < 4.78 is 2.94. The molecule has 0 aliphatic carbocycles. The zero-order chi connectivity index (χ0) is 18.7. The van der Waals surface area contributed by atoms with Gasteiger partial charge in [0.2, 0.25) is 0 Å². The molecule has 0 atom stereocenters. The lowest BCUT2D eigenvalue weighted by atomic mass is 10.3. The van der Waals surface area contributed by atoms with Gasteiger partial charge in [-0.2, -0.15) is 5.10 Å². The van der Waals surface area contributed by atoms with Crippen LogP contribution < -0.4 is 4.90 Å². The van der Waals surface area contributed by atoms with Crippen molar-refractivity contribution in [3.05, 3.63) is 41.7 Å². The molecule has 2 heterocycles. The normalized spacial score (nSPS) is 11.0. The molecule has 2 aromatic heterocycles. The molecule has 8 heteroatoms. The fourth-order valence-electron chi connectivity index (χ4n) is 2.88. The van der Waals surface area contributed by atoms with Crippen molar-refractivity contribution in [2.24, 2.45) is 0 Å². The van der Waals surface area contributed by atoms with Gasteiger partial charge in [0.1, 0.15) is 0 Å². The topological polar surface area (TPSA) is 54.3 Å². The number of para-hydroxylation sites is 1. The highest BCUT2D eigenvalue weighted by atomic mass is 35.5. The average Bonchev–Trinajstić information content (AvgIpc) is 3.20. The van der Waals surface area contributed by atoms with Crippen LogP contribution in [0.25, 0.3) is 10.2 Å². The monoisotopic (exact) mass is 407 g/mol. The third-order valence-corrected chi connectivity index (χ3v) is 5.30. The molecule has 146 valence electrons. The molecule has 27 heavy (non-hydrogen) atoms. The molecule has 0 radical (unpaired) electrons. The van der Waals surface area contributed by atoms with Crippen molar-refractivity contribution in [3.8, 4) is 0 Å². The lowest BCUT2D eigenvalue weighted by Crippen LogP contribution is -2.33. The van der Waals surface area contributed by atoms with E-state index in [9.17, 15) is 4.79 Å². The van der Waals surface area contributed by atoms with Gasteiger partial charge < -0.3 is 4.90 Å². The van der Waals surface area contributed by atoms with Crippen molar-refractivity contribution in [2.45, 2.75) is 26.8 Å². The second kappa shape index (κ2) is 9.30. The van der Waals surface area contributed by atoms with E-state index in [0.717, 1.165) is 40.6 Å². The van der Waals surface area contributed by atoms with Gasteiger partial charge in [0.25, 0.3) is 5.91 Å². The first-order valence-electron chi connectivity index (χ1n) is 8.86. The summed E-state index contributed by atoms with van der Waals surface area (Å²) >= 11 is 1.55. The number of amides is 1. The number of anilines is 1. The smallest absolute Gasteiger partial charge is 0.280 e. The van der Waals surface area contributed by atoms with Crippen LogP contribution in [0.2, 0.25) is 0 Å². The second-order valence-electron chi connectivity index (χ2n) is 6.56. The molecule has 1 amide bonds. The molecule has 0 unspecified atom stereocenters. The second-order valence-corrected chi connectivity index (χ2v) is 7.57. The maximum Gasteiger partial charge on any atom is 0.280 e. The maximum atomic E-state index is 13.2. The molecular formula is C19H26ClN5OS. The van der Waals surface area contributed by atoms with Gasteiger partial charge in [-0.05, 0) is 59.1 Å². The van der Waals surface area contributed by atoms with E-state index < -0.39 is 0 Å². The number of aromatic nitrogens is 3. The van der Waals surface area contributed by atoms with E-state index in [-0.39, 0.29) is 18.3 Å². The summed E-state index contributed by atoms with van der Waals surface area (Å²) in [4.78, 5) is 21.8. The molecule has 1 aromatic carbocycles. The van der Waals surface area contributed by atoms with E-state index in [1.54, 1.807) is 16.2 Å². The van der Waals surface area contributed by atoms with Gasteiger partial charge in [-0.15, -0.1) is 12.4 Å². The number of fused-ring (bicyclic) bond motifs is 1. The molecule has 0 bridgehead atoms. The Morgan fingerprint density at radius 2 is 1.96 bits per heavy atom. The van der Waals surface area contributed by atoms with E-state index in [1.165, 1.54) is 0 Å². The highest BCUT2D eigenvalue weighted by Gasteiger charge is 2.23. The third kappa shape index (κ3) is 4.86. The first-order chi connectivity index (χ1) is 12.5. The van der Waals surface area contributed by atoms with Gasteiger partial charge in [-0.3, -0.25) is 14.4 Å². The summed E-state index contributed by atoms with van der Waals surface area (Å²) in [5, 5.41) is 5.20. The Bertz CT molecular complexity index is 872. The first-order valence-corrected chi connectivity index (χ1v) is 9.68. The van der Waals surface area contributed by atoms with Crippen molar-refractivity contribution in [3.63, 3.8) is 0 Å². The van der Waals surface area contributed by atoms with Gasteiger partial charge in [0.15, 0.2) is 10.8 Å². The van der Waals surface area contributed by atoms with E-state index >= 15 is 0 Å². The molecule has 0 aliphatic heterocycles. The summed E-state index contributed by atoms with van der Waals surface area (Å²) in [5.74, 6) is -0.0851. The Kier molecular flexibility index (Phi) is 7.35. The number of carbonyl (C=O) groups excluding carboxylic acids is 1. The number of thiazole rings is 1. The summed E-state index contributed by atoms with van der Waals surface area (Å²) in [7, 11) is 4.08. The number of halogens is 1. The predicted molar refractivity (Wildman–Crippen MR) is 114 cm³/mol. The van der Waals surface area contributed by atoms with Crippen LogP contribution in [0.15, 0.2) is 30.3 Å². The minimum Gasteiger partial charge on any atom is -0.309 e. The molecule has 0 aliphatic rings. The highest BCUT2D eigenvalue weighted by molar-refractivity contribution is 7.22. The standard InChI is InChI=1S/C19H25N5OS.ClH/c1-5-24-14(2)13-16(21-24)18(25)23(12-8-11-22(3)4)19-20-15-9-6-7-10-17(15)26-19;/h6-7,9-10,13H,5,8,11-12H2,1-4H3;1H. The zero-order valence-electron chi connectivity index (χ0n) is 16.2. The van der Waals surface area contributed by atoms with Gasteiger partial charge in [-0.25, -0.2) is 4.98 Å². The molecule has 0 N–H and O–H groups in total. The van der Waals surface area contributed by atoms with Gasteiger partial charge >= 0.3 is 0 Å². The minimum absolute atomic E-state index is 0. The molecule has 6 nitrogen and oxygen atoms in total. The summed E-state index contributed by atoms with van der Waals surface area (Å²) in [6, 6.07) is 9.84. The zero-order valence-corrected chi connectivity index (χ0v) is 17.8. The number of aryl methyl sites for hydroxylation is 2. The number of benzene rings is 1. The van der Waals surface area contributed by atoms with Crippen LogP contribution in [0.3, 0.4) is 0 Å². The quantitative estimate of drug-likeness (QED) is 0.597. The Labute approximate surface area is 170 Å². The Hall–Kier alpha value is -1.96. The van der Waals surface area contributed by atoms with Crippen molar-refractivity contribution in [1.82, 2.24) is 19.7 Å². The number of carbonyl (C=O) groups is 1. The minimum atomic E-state index is -0.0851. The van der Waals surface area contributed by atoms with Crippen molar-refractivity contribution in [2.75, 3.05) is 32.1 Å². The van der Waals surface area contributed by atoms with Crippen LogP contribution >= 0.6 is 23.7 Å². The van der Waals surface area contributed by atoms with Crippen LogP contribution in [-0.2, 0) is 6.54 Å². The van der Waals surface area contributed by atoms with Crippen molar-refractivity contribution < 1.29 is 4.79 Å². The van der Waals surface area contributed by atoms with E-state index in [1.807, 2.05) is 63.0 Å². The third-order valence-electron chi connectivity index (χ3n) is 4.25. The average molecular weight is 408 g/mol. The van der Waals surface area contributed by atoms with Crippen molar-refractivity contribution >= 4 is 45.0 Å². The maximum absolute atomic E-state index is 13.2. The summed E-state index contributed by atoms with van der Waals surface area (Å²) in [6.07, 6.45) is 0.877. The van der Waals surface area contributed by atoms with E-state index in [2.05, 4.69) is 15.0 Å². The number of rotatable bonds is 7. The lowest BCUT2D eigenvalue weighted by molar-refractivity contribution is 0.0980. The van der Waals surface area contributed by atoms with Crippen molar-refractivity contribution in [1.29, 1.82) is 0 Å². The molecule has 0 spiro atoms. The van der Waals surface area contributed by atoms with Gasteiger partial charge in [0, 0.05) is 18.8 Å². The fourth-order valence-corrected chi connectivity index (χ4v) is 3.87. The predicted octanol–water partition coefficient (Wildman–Crippen LogP) is 3.84. The largest absolute Gasteiger partial charge is 0.309 e. The van der Waals surface area contributed by atoms with E-state index in [4.69, 9.17) is 0 Å². The molecule has 3 rings (SSSR count). The Morgan fingerprint density at radius 3 is 2.59 bits per heavy atom. The molecular weight excluding hydrogens is 382 g/mol. The first kappa shape index (κ1) is 21.3. The van der Waals surface area contributed by atoms with Crippen LogP contribution in [0.1, 0.15) is 29.5 Å². The Balaban J connectivity index is 0.00000261. The van der Waals surface area contributed by atoms with Crippen LogP contribution in [-0.4, -0.2) is 52.8 Å².